The third-order valence-corrected chi connectivity index (χ3v) is 5.63. The molecular weight excluding hydrogens is 373 g/mol. The summed E-state index contributed by atoms with van der Waals surface area (Å²) in [6.07, 6.45) is 0. The SMILES string of the molecule is NC(N)=NC(=O)c1cc(Cl)c(Cl)c(S(=O)(=O)Cc2ccccc2)c1. The molecule has 0 atom stereocenters. The summed E-state index contributed by atoms with van der Waals surface area (Å²) >= 11 is 12.0. The van der Waals surface area contributed by atoms with Gasteiger partial charge in [-0.05, 0) is 17.7 Å². The van der Waals surface area contributed by atoms with Crippen molar-refractivity contribution in [3.05, 3.63) is 63.6 Å². The Labute approximate surface area is 149 Å². The number of hydrogen-bond acceptors (Lipinski definition) is 3. The predicted molar refractivity (Wildman–Crippen MR) is 93.9 cm³/mol. The van der Waals surface area contributed by atoms with Crippen LogP contribution in [0.5, 0.6) is 0 Å². The number of carbonyl (C=O) groups excluding carboxylic acids is 1. The van der Waals surface area contributed by atoms with Crippen molar-refractivity contribution in [2.24, 2.45) is 16.5 Å². The average Bonchev–Trinajstić information content (AvgIpc) is 2.49. The van der Waals surface area contributed by atoms with Gasteiger partial charge in [0.15, 0.2) is 15.8 Å². The molecule has 0 spiro atoms. The predicted octanol–water partition coefficient (Wildman–Crippen LogP) is 2.38. The first-order valence-corrected chi connectivity index (χ1v) is 9.01. The lowest BCUT2D eigenvalue weighted by atomic mass is 10.2. The van der Waals surface area contributed by atoms with E-state index in [2.05, 4.69) is 4.99 Å². The van der Waals surface area contributed by atoms with Gasteiger partial charge in [0.2, 0.25) is 0 Å². The molecule has 9 heteroatoms. The van der Waals surface area contributed by atoms with Crippen LogP contribution in [0.25, 0.3) is 0 Å². The molecule has 2 aromatic rings. The van der Waals surface area contributed by atoms with Crippen LogP contribution in [0.2, 0.25) is 10.0 Å². The van der Waals surface area contributed by atoms with Crippen molar-refractivity contribution in [1.29, 1.82) is 0 Å². The molecule has 4 N–H and O–H groups in total. The van der Waals surface area contributed by atoms with Gasteiger partial charge in [-0.1, -0.05) is 53.5 Å². The highest BCUT2D eigenvalue weighted by Crippen LogP contribution is 2.33. The Morgan fingerprint density at radius 1 is 1.08 bits per heavy atom. The molecule has 0 aromatic heterocycles. The van der Waals surface area contributed by atoms with Crippen LogP contribution in [0, 0.1) is 0 Å². The first-order chi connectivity index (χ1) is 11.2. The summed E-state index contributed by atoms with van der Waals surface area (Å²) in [5, 5.41) is -0.242. The van der Waals surface area contributed by atoms with Gasteiger partial charge in [-0.2, -0.15) is 4.99 Å². The summed E-state index contributed by atoms with van der Waals surface area (Å²) in [5.41, 5.74) is 10.8. The lowest BCUT2D eigenvalue weighted by Crippen LogP contribution is -2.24. The van der Waals surface area contributed by atoms with E-state index < -0.39 is 21.7 Å². The molecule has 1 amide bonds. The Bertz CT molecular complexity index is 909. The molecule has 0 radical (unpaired) electrons. The van der Waals surface area contributed by atoms with Crippen LogP contribution in [-0.2, 0) is 15.6 Å². The first kappa shape index (κ1) is 18.3. The number of benzene rings is 2. The molecule has 0 bridgehead atoms. The molecule has 0 aliphatic rings. The van der Waals surface area contributed by atoms with E-state index in [0.717, 1.165) is 6.07 Å². The molecule has 2 rings (SSSR count). The van der Waals surface area contributed by atoms with E-state index in [1.165, 1.54) is 6.07 Å². The molecule has 0 fully saturated rings. The number of guanidine groups is 1. The van der Waals surface area contributed by atoms with E-state index in [1.54, 1.807) is 30.3 Å². The second kappa shape index (κ2) is 7.21. The molecule has 126 valence electrons. The summed E-state index contributed by atoms with van der Waals surface area (Å²) in [6, 6.07) is 10.9. The molecular formula is C15H13Cl2N3O3S. The number of sulfone groups is 1. The van der Waals surface area contributed by atoms with Gasteiger partial charge < -0.3 is 11.5 Å². The molecule has 0 unspecified atom stereocenters. The van der Waals surface area contributed by atoms with Gasteiger partial charge in [-0.25, -0.2) is 8.42 Å². The third kappa shape index (κ3) is 4.25. The first-order valence-electron chi connectivity index (χ1n) is 6.60. The maximum Gasteiger partial charge on any atom is 0.280 e. The van der Waals surface area contributed by atoms with Gasteiger partial charge in [0.05, 0.1) is 20.7 Å². The van der Waals surface area contributed by atoms with Gasteiger partial charge in [0.25, 0.3) is 5.91 Å². The van der Waals surface area contributed by atoms with Crippen molar-refractivity contribution in [3.8, 4) is 0 Å². The van der Waals surface area contributed by atoms with Crippen LogP contribution < -0.4 is 11.5 Å². The lowest BCUT2D eigenvalue weighted by molar-refractivity contribution is 0.100. The van der Waals surface area contributed by atoms with Gasteiger partial charge >= 0.3 is 0 Å². The summed E-state index contributed by atoms with van der Waals surface area (Å²) in [5.74, 6) is -1.55. The van der Waals surface area contributed by atoms with E-state index in [1.807, 2.05) is 0 Å². The lowest BCUT2D eigenvalue weighted by Gasteiger charge is -2.10. The van der Waals surface area contributed by atoms with E-state index >= 15 is 0 Å². The Balaban J connectivity index is 2.51. The molecule has 24 heavy (non-hydrogen) atoms. The van der Waals surface area contributed by atoms with Crippen molar-refractivity contribution < 1.29 is 13.2 Å². The molecule has 6 nitrogen and oxygen atoms in total. The quantitative estimate of drug-likeness (QED) is 0.618. The standard InChI is InChI=1S/C15H13Cl2N3O3S/c16-11-6-10(14(21)20-15(18)19)7-12(13(11)17)24(22,23)8-9-4-2-1-3-5-9/h1-7H,8H2,(H4,18,19,20,21). The van der Waals surface area contributed by atoms with E-state index in [0.29, 0.717) is 5.56 Å². The zero-order valence-electron chi connectivity index (χ0n) is 12.2. The van der Waals surface area contributed by atoms with Gasteiger partial charge in [-0.15, -0.1) is 0 Å². The number of carbonyl (C=O) groups is 1. The molecule has 0 aliphatic carbocycles. The highest BCUT2D eigenvalue weighted by Gasteiger charge is 2.23. The molecule has 0 saturated carbocycles. The van der Waals surface area contributed by atoms with Crippen LogP contribution in [0.15, 0.2) is 52.4 Å². The number of rotatable bonds is 4. The fourth-order valence-electron chi connectivity index (χ4n) is 1.97. The molecule has 0 aliphatic heterocycles. The summed E-state index contributed by atoms with van der Waals surface area (Å²) in [7, 11) is -3.83. The van der Waals surface area contributed by atoms with E-state index in [-0.39, 0.29) is 26.3 Å². The van der Waals surface area contributed by atoms with Crippen molar-refractivity contribution in [3.63, 3.8) is 0 Å². The van der Waals surface area contributed by atoms with Crippen LogP contribution in [0.4, 0.5) is 0 Å². The summed E-state index contributed by atoms with van der Waals surface area (Å²) in [6.45, 7) is 0. The van der Waals surface area contributed by atoms with Crippen LogP contribution in [-0.4, -0.2) is 20.3 Å². The highest BCUT2D eigenvalue weighted by molar-refractivity contribution is 7.90. The average molecular weight is 386 g/mol. The topological polar surface area (TPSA) is 116 Å². The van der Waals surface area contributed by atoms with E-state index in [9.17, 15) is 13.2 Å². The fourth-order valence-corrected chi connectivity index (χ4v) is 4.18. The van der Waals surface area contributed by atoms with Crippen LogP contribution in [0.1, 0.15) is 15.9 Å². The molecule has 0 saturated heterocycles. The second-order valence-corrected chi connectivity index (χ2v) is 7.60. The van der Waals surface area contributed by atoms with Gasteiger partial charge in [-0.3, -0.25) is 4.79 Å². The Hall–Kier alpha value is -2.09. The summed E-state index contributed by atoms with van der Waals surface area (Å²) < 4.78 is 25.3. The number of nitrogens with zero attached hydrogens (tertiary/aromatic N) is 1. The maximum atomic E-state index is 12.6. The van der Waals surface area contributed by atoms with Crippen LogP contribution >= 0.6 is 23.2 Å². The van der Waals surface area contributed by atoms with Gasteiger partial charge in [0, 0.05) is 5.56 Å². The molecule has 2 aromatic carbocycles. The Kier molecular flexibility index (Phi) is 5.48. The zero-order chi connectivity index (χ0) is 17.9. The van der Waals surface area contributed by atoms with Crippen molar-refractivity contribution in [2.75, 3.05) is 0 Å². The van der Waals surface area contributed by atoms with E-state index in [4.69, 9.17) is 34.7 Å². The highest BCUT2D eigenvalue weighted by atomic mass is 35.5. The normalized spacial score (nSPS) is 11.1. The third-order valence-electron chi connectivity index (χ3n) is 3.01. The zero-order valence-corrected chi connectivity index (χ0v) is 14.6. The number of hydrogen-bond donors (Lipinski definition) is 2. The largest absolute Gasteiger partial charge is 0.370 e. The minimum absolute atomic E-state index is 0.0792. The monoisotopic (exact) mass is 385 g/mol. The molecule has 0 heterocycles. The summed E-state index contributed by atoms with van der Waals surface area (Å²) in [4.78, 5) is 15.0. The number of halogens is 2. The number of amides is 1. The van der Waals surface area contributed by atoms with Gasteiger partial charge in [0.1, 0.15) is 0 Å². The Morgan fingerprint density at radius 3 is 2.29 bits per heavy atom. The van der Waals surface area contributed by atoms with Crippen LogP contribution in [0.3, 0.4) is 0 Å². The minimum atomic E-state index is -3.83. The minimum Gasteiger partial charge on any atom is -0.370 e. The Morgan fingerprint density at radius 2 is 1.71 bits per heavy atom. The fraction of sp³-hybridized carbons (Fsp3) is 0.0667. The van der Waals surface area contributed by atoms with Crippen molar-refractivity contribution in [1.82, 2.24) is 0 Å². The number of nitrogens with two attached hydrogens (primary N) is 2. The van der Waals surface area contributed by atoms with Crippen molar-refractivity contribution >= 4 is 44.9 Å². The number of aliphatic imine (C=N–C) groups is 1. The van der Waals surface area contributed by atoms with Crippen molar-refractivity contribution in [2.45, 2.75) is 10.6 Å². The second-order valence-electron chi connectivity index (χ2n) is 4.86. The smallest absolute Gasteiger partial charge is 0.280 e. The maximum absolute atomic E-state index is 12.6.